The van der Waals surface area contributed by atoms with E-state index in [-0.39, 0.29) is 31.3 Å². The molecular weight excluding hydrogens is 743 g/mol. The molecule has 0 spiro atoms. The summed E-state index contributed by atoms with van der Waals surface area (Å²) < 4.78 is 5.89. The lowest BCUT2D eigenvalue weighted by Gasteiger charge is -2.24. The summed E-state index contributed by atoms with van der Waals surface area (Å²) in [6.45, 7) is 6.35. The van der Waals surface area contributed by atoms with E-state index < -0.39 is 18.2 Å². The number of amides is 1. The molecule has 0 aromatic rings. The summed E-state index contributed by atoms with van der Waals surface area (Å²) in [6, 6.07) is -0.715. The molecule has 348 valence electrons. The van der Waals surface area contributed by atoms with Gasteiger partial charge in [0.05, 0.1) is 25.2 Å². The van der Waals surface area contributed by atoms with Gasteiger partial charge in [0.1, 0.15) is 6.10 Å². The molecule has 0 aliphatic carbocycles. The van der Waals surface area contributed by atoms with E-state index in [0.717, 1.165) is 70.6 Å². The predicted molar refractivity (Wildman–Crippen MR) is 259 cm³/mol. The van der Waals surface area contributed by atoms with Crippen molar-refractivity contribution in [2.24, 2.45) is 0 Å². The second-order valence-corrected chi connectivity index (χ2v) is 17.2. The molecular formula is C54H97NO5. The molecule has 0 aromatic heterocycles. The van der Waals surface area contributed by atoms with E-state index >= 15 is 0 Å². The van der Waals surface area contributed by atoms with E-state index in [1.54, 1.807) is 0 Å². The van der Waals surface area contributed by atoms with Gasteiger partial charge >= 0.3 is 5.97 Å². The molecule has 3 atom stereocenters. The SMILES string of the molecule is CC/C=C/C/C=C/C/C=C/C/C=C/C/C=C/CCC(=O)OC(CCCCCCCCCCCCCCC)CC(=O)NC(CO)C(O)CCCCCCCCCCCCCC. The van der Waals surface area contributed by atoms with Crippen LogP contribution in [0.5, 0.6) is 0 Å². The molecule has 0 bridgehead atoms. The molecule has 6 nitrogen and oxygen atoms in total. The average molecular weight is 840 g/mol. The van der Waals surface area contributed by atoms with E-state index in [1.807, 2.05) is 6.08 Å². The first-order valence-corrected chi connectivity index (χ1v) is 25.5. The minimum absolute atomic E-state index is 0.0491. The predicted octanol–water partition coefficient (Wildman–Crippen LogP) is 15.2. The van der Waals surface area contributed by atoms with Gasteiger partial charge in [0.15, 0.2) is 0 Å². The third-order valence-corrected chi connectivity index (χ3v) is 11.4. The number of carbonyl (C=O) groups excluding carboxylic acids is 2. The monoisotopic (exact) mass is 840 g/mol. The van der Waals surface area contributed by atoms with Crippen LogP contribution < -0.4 is 5.32 Å². The Morgan fingerprint density at radius 2 is 0.867 bits per heavy atom. The quantitative estimate of drug-likeness (QED) is 0.0322. The number of carbonyl (C=O) groups is 2. The molecule has 60 heavy (non-hydrogen) atoms. The number of aliphatic hydroxyl groups excluding tert-OH is 2. The molecule has 0 rings (SSSR count). The number of nitrogens with one attached hydrogen (secondary N) is 1. The van der Waals surface area contributed by atoms with Gasteiger partial charge in [0, 0.05) is 6.42 Å². The standard InChI is InChI=1S/C54H97NO5/c1-4-7-10-13-16-19-22-25-26-27-29-32-35-38-41-44-47-54(59)60-50(45-42-39-36-33-30-28-23-20-17-14-11-8-5-2)48-53(58)55-51(49-56)52(57)46-43-40-37-34-31-24-21-18-15-12-9-6-3/h7,10,16,19,25-26,29,32,38,41,50-52,56-57H,4-6,8-9,11-15,17-18,20-24,27-28,30-31,33-37,39-40,42-49H2,1-3H3,(H,55,58)/b10-7+,19-16+,26-25+,32-29+,41-38+. The highest BCUT2D eigenvalue weighted by Crippen LogP contribution is 2.18. The summed E-state index contributed by atoms with van der Waals surface area (Å²) in [4.78, 5) is 26.1. The fraction of sp³-hybridized carbons (Fsp3) is 0.778. The van der Waals surface area contributed by atoms with Crippen molar-refractivity contribution in [1.29, 1.82) is 0 Å². The van der Waals surface area contributed by atoms with Crippen molar-refractivity contribution in [3.05, 3.63) is 60.8 Å². The van der Waals surface area contributed by atoms with Crippen molar-refractivity contribution in [1.82, 2.24) is 5.32 Å². The summed E-state index contributed by atoms with van der Waals surface area (Å²) in [5.41, 5.74) is 0. The average Bonchev–Trinajstić information content (AvgIpc) is 3.24. The Labute approximate surface area is 371 Å². The lowest BCUT2D eigenvalue weighted by Crippen LogP contribution is -2.46. The van der Waals surface area contributed by atoms with Crippen LogP contribution >= 0.6 is 0 Å². The topological polar surface area (TPSA) is 95.9 Å². The Balaban J connectivity index is 4.68. The third kappa shape index (κ3) is 42.3. The van der Waals surface area contributed by atoms with Crippen LogP contribution in [-0.2, 0) is 14.3 Å². The number of unbranched alkanes of at least 4 members (excludes halogenated alkanes) is 23. The molecule has 3 N–H and O–H groups in total. The van der Waals surface area contributed by atoms with Gasteiger partial charge in [0.25, 0.3) is 0 Å². The number of rotatable bonds is 45. The molecule has 0 heterocycles. The smallest absolute Gasteiger partial charge is 0.306 e. The Bertz CT molecular complexity index is 1080. The van der Waals surface area contributed by atoms with E-state index in [1.165, 1.54) is 122 Å². The third-order valence-electron chi connectivity index (χ3n) is 11.4. The van der Waals surface area contributed by atoms with Crippen LogP contribution in [0.15, 0.2) is 60.8 Å². The fourth-order valence-electron chi connectivity index (χ4n) is 7.54. The summed E-state index contributed by atoms with van der Waals surface area (Å²) in [6.07, 6.45) is 58.6. The van der Waals surface area contributed by atoms with Crippen molar-refractivity contribution in [2.75, 3.05) is 6.61 Å². The largest absolute Gasteiger partial charge is 0.462 e. The zero-order chi connectivity index (χ0) is 43.8. The molecule has 3 unspecified atom stereocenters. The first kappa shape index (κ1) is 57.6. The number of esters is 1. The van der Waals surface area contributed by atoms with Crippen molar-refractivity contribution >= 4 is 11.9 Å². The number of hydrogen-bond donors (Lipinski definition) is 3. The van der Waals surface area contributed by atoms with Crippen molar-refractivity contribution < 1.29 is 24.5 Å². The Hall–Kier alpha value is -2.44. The molecule has 0 saturated heterocycles. The van der Waals surface area contributed by atoms with Crippen molar-refractivity contribution in [3.8, 4) is 0 Å². The summed E-state index contributed by atoms with van der Waals surface area (Å²) in [7, 11) is 0. The molecule has 0 aliphatic rings. The van der Waals surface area contributed by atoms with Crippen LogP contribution in [0, 0.1) is 0 Å². The minimum atomic E-state index is -0.799. The van der Waals surface area contributed by atoms with Crippen LogP contribution in [-0.4, -0.2) is 46.9 Å². The molecule has 0 aromatic carbocycles. The maximum atomic E-state index is 13.2. The van der Waals surface area contributed by atoms with Crippen molar-refractivity contribution in [3.63, 3.8) is 0 Å². The van der Waals surface area contributed by atoms with Gasteiger partial charge in [-0.05, 0) is 57.8 Å². The lowest BCUT2D eigenvalue weighted by molar-refractivity contribution is -0.150. The number of hydrogen-bond acceptors (Lipinski definition) is 5. The van der Waals surface area contributed by atoms with Crippen molar-refractivity contribution in [2.45, 2.75) is 264 Å². The van der Waals surface area contributed by atoms with Gasteiger partial charge in [-0.2, -0.15) is 0 Å². The van der Waals surface area contributed by atoms with Gasteiger partial charge in [-0.1, -0.05) is 236 Å². The first-order valence-electron chi connectivity index (χ1n) is 25.5. The van der Waals surface area contributed by atoms with E-state index in [9.17, 15) is 19.8 Å². The normalized spacial score (nSPS) is 13.8. The van der Waals surface area contributed by atoms with Gasteiger partial charge in [0.2, 0.25) is 5.91 Å². The molecule has 0 saturated carbocycles. The number of aliphatic hydroxyl groups is 2. The van der Waals surface area contributed by atoms with Gasteiger partial charge in [-0.25, -0.2) is 0 Å². The van der Waals surface area contributed by atoms with E-state index in [2.05, 4.69) is 80.8 Å². The highest BCUT2D eigenvalue weighted by atomic mass is 16.5. The molecule has 0 fully saturated rings. The maximum Gasteiger partial charge on any atom is 0.306 e. The zero-order valence-corrected chi connectivity index (χ0v) is 39.6. The zero-order valence-electron chi connectivity index (χ0n) is 39.6. The summed E-state index contributed by atoms with van der Waals surface area (Å²) in [5, 5.41) is 23.7. The second kappa shape index (κ2) is 47.6. The van der Waals surface area contributed by atoms with Gasteiger partial charge < -0.3 is 20.3 Å². The Morgan fingerprint density at radius 1 is 0.500 bits per heavy atom. The summed E-state index contributed by atoms with van der Waals surface area (Å²) >= 11 is 0. The van der Waals surface area contributed by atoms with Crippen LogP contribution in [0.1, 0.15) is 245 Å². The van der Waals surface area contributed by atoms with Gasteiger partial charge in [-0.15, -0.1) is 0 Å². The highest BCUT2D eigenvalue weighted by Gasteiger charge is 2.24. The fourth-order valence-corrected chi connectivity index (χ4v) is 7.54. The number of allylic oxidation sites excluding steroid dienone is 10. The van der Waals surface area contributed by atoms with Gasteiger partial charge in [-0.3, -0.25) is 9.59 Å². The van der Waals surface area contributed by atoms with E-state index in [4.69, 9.17) is 4.74 Å². The van der Waals surface area contributed by atoms with Crippen LogP contribution in [0.3, 0.4) is 0 Å². The Morgan fingerprint density at radius 3 is 1.27 bits per heavy atom. The number of ether oxygens (including phenoxy) is 1. The maximum absolute atomic E-state index is 13.2. The molecule has 0 radical (unpaired) electrons. The van der Waals surface area contributed by atoms with Crippen LogP contribution in [0.2, 0.25) is 0 Å². The molecule has 6 heteroatoms. The molecule has 1 amide bonds. The second-order valence-electron chi connectivity index (χ2n) is 17.2. The first-order chi connectivity index (χ1) is 29.5. The van der Waals surface area contributed by atoms with Crippen LogP contribution in [0.25, 0.3) is 0 Å². The molecule has 0 aliphatic heterocycles. The summed E-state index contributed by atoms with van der Waals surface area (Å²) in [5.74, 6) is -0.568. The Kier molecular flexibility index (Phi) is 45.7. The lowest BCUT2D eigenvalue weighted by atomic mass is 10.0. The van der Waals surface area contributed by atoms with Crippen LogP contribution in [0.4, 0.5) is 0 Å². The van der Waals surface area contributed by atoms with E-state index in [0.29, 0.717) is 19.3 Å². The minimum Gasteiger partial charge on any atom is -0.462 e. The highest BCUT2D eigenvalue weighted by molar-refractivity contribution is 5.77.